The van der Waals surface area contributed by atoms with Crippen LogP contribution in [-0.2, 0) is 6.42 Å². The van der Waals surface area contributed by atoms with Crippen LogP contribution in [0.15, 0.2) is 91.0 Å². The molecule has 0 aliphatic carbocycles. The second kappa shape index (κ2) is 7.37. The van der Waals surface area contributed by atoms with Gasteiger partial charge in [-0.2, -0.15) is 0 Å². The molecular formula is C22H18O. The molecule has 23 heavy (non-hydrogen) atoms. The van der Waals surface area contributed by atoms with Gasteiger partial charge >= 0.3 is 0 Å². The second-order valence-electron chi connectivity index (χ2n) is 5.42. The molecule has 0 amide bonds. The first kappa shape index (κ1) is 15.0. The van der Waals surface area contributed by atoms with E-state index in [2.05, 4.69) is 18.2 Å². The molecule has 0 unspecified atom stereocenters. The summed E-state index contributed by atoms with van der Waals surface area (Å²) >= 11 is 0. The summed E-state index contributed by atoms with van der Waals surface area (Å²) in [6.07, 6.45) is 4.42. The van der Waals surface area contributed by atoms with E-state index >= 15 is 0 Å². The van der Waals surface area contributed by atoms with Gasteiger partial charge in [0.2, 0.25) is 0 Å². The number of carbonyl (C=O) groups excluding carboxylic acids is 1. The SMILES string of the molecule is O=C(C=Cc1ccccc1Cc1ccccc1)c1ccccc1. The lowest BCUT2D eigenvalue weighted by atomic mass is 9.99. The first-order chi connectivity index (χ1) is 11.3. The molecule has 0 aliphatic rings. The summed E-state index contributed by atoms with van der Waals surface area (Å²) in [7, 11) is 0. The van der Waals surface area contributed by atoms with Gasteiger partial charge in [-0.15, -0.1) is 0 Å². The summed E-state index contributed by atoms with van der Waals surface area (Å²) in [5, 5.41) is 0. The van der Waals surface area contributed by atoms with Gasteiger partial charge in [0.25, 0.3) is 0 Å². The molecule has 0 saturated carbocycles. The Morgan fingerprint density at radius 2 is 1.35 bits per heavy atom. The van der Waals surface area contributed by atoms with Gasteiger partial charge in [-0.1, -0.05) is 91.0 Å². The number of allylic oxidation sites excluding steroid dienone is 1. The molecular weight excluding hydrogens is 280 g/mol. The largest absolute Gasteiger partial charge is 0.289 e. The fraction of sp³-hybridized carbons (Fsp3) is 0.0455. The van der Waals surface area contributed by atoms with Crippen LogP contribution in [0.25, 0.3) is 6.08 Å². The molecule has 3 aromatic carbocycles. The van der Waals surface area contributed by atoms with Gasteiger partial charge in [0.15, 0.2) is 5.78 Å². The van der Waals surface area contributed by atoms with Crippen molar-refractivity contribution in [1.82, 2.24) is 0 Å². The molecule has 0 fully saturated rings. The lowest BCUT2D eigenvalue weighted by Gasteiger charge is -2.06. The Morgan fingerprint density at radius 1 is 0.739 bits per heavy atom. The molecule has 112 valence electrons. The van der Waals surface area contributed by atoms with Gasteiger partial charge in [0.1, 0.15) is 0 Å². The number of carbonyl (C=O) groups is 1. The number of ketones is 1. The third-order valence-corrected chi connectivity index (χ3v) is 3.77. The van der Waals surface area contributed by atoms with Crippen molar-refractivity contribution in [3.8, 4) is 0 Å². The molecule has 1 heteroatoms. The fourth-order valence-corrected chi connectivity index (χ4v) is 2.54. The summed E-state index contributed by atoms with van der Waals surface area (Å²) in [5.74, 6) is 0.0279. The molecule has 0 aliphatic heterocycles. The minimum absolute atomic E-state index is 0.0279. The average Bonchev–Trinajstić information content (AvgIpc) is 2.62. The third kappa shape index (κ3) is 4.04. The number of benzene rings is 3. The zero-order valence-electron chi connectivity index (χ0n) is 12.9. The predicted octanol–water partition coefficient (Wildman–Crippen LogP) is 5.17. The van der Waals surface area contributed by atoms with Crippen LogP contribution in [0.4, 0.5) is 0 Å². The summed E-state index contributed by atoms with van der Waals surface area (Å²) < 4.78 is 0. The van der Waals surface area contributed by atoms with Gasteiger partial charge in [0, 0.05) is 5.56 Å². The molecule has 0 N–H and O–H groups in total. The van der Waals surface area contributed by atoms with Crippen molar-refractivity contribution in [3.63, 3.8) is 0 Å². The van der Waals surface area contributed by atoms with Crippen LogP contribution in [0.2, 0.25) is 0 Å². The van der Waals surface area contributed by atoms with Crippen molar-refractivity contribution in [2.75, 3.05) is 0 Å². The van der Waals surface area contributed by atoms with E-state index in [9.17, 15) is 4.79 Å². The fourth-order valence-electron chi connectivity index (χ4n) is 2.54. The van der Waals surface area contributed by atoms with Gasteiger partial charge in [-0.25, -0.2) is 0 Å². The van der Waals surface area contributed by atoms with Gasteiger partial charge < -0.3 is 0 Å². The number of rotatable bonds is 5. The van der Waals surface area contributed by atoms with E-state index < -0.39 is 0 Å². The Kier molecular flexibility index (Phi) is 4.80. The molecule has 0 saturated heterocycles. The first-order valence-electron chi connectivity index (χ1n) is 7.72. The first-order valence-corrected chi connectivity index (χ1v) is 7.72. The second-order valence-corrected chi connectivity index (χ2v) is 5.42. The molecule has 0 atom stereocenters. The van der Waals surface area contributed by atoms with E-state index in [4.69, 9.17) is 0 Å². The van der Waals surface area contributed by atoms with Crippen molar-refractivity contribution < 1.29 is 4.79 Å². The monoisotopic (exact) mass is 298 g/mol. The summed E-state index contributed by atoms with van der Waals surface area (Å²) in [6.45, 7) is 0. The standard InChI is InChI=1S/C22H18O/c23-22(20-12-5-2-6-13-20)16-15-19-11-7-8-14-21(19)17-18-9-3-1-4-10-18/h1-16H,17H2. The minimum atomic E-state index is 0.0279. The maximum Gasteiger partial charge on any atom is 0.185 e. The van der Waals surface area contributed by atoms with Crippen LogP contribution in [-0.4, -0.2) is 5.78 Å². The Morgan fingerprint density at radius 3 is 2.09 bits per heavy atom. The normalized spacial score (nSPS) is 10.8. The highest BCUT2D eigenvalue weighted by atomic mass is 16.1. The Balaban J connectivity index is 1.81. The molecule has 0 bridgehead atoms. The smallest absolute Gasteiger partial charge is 0.185 e. The zero-order valence-corrected chi connectivity index (χ0v) is 12.9. The zero-order chi connectivity index (χ0) is 15.9. The maximum atomic E-state index is 12.2. The molecule has 3 rings (SSSR count). The molecule has 0 spiro atoms. The van der Waals surface area contributed by atoms with Crippen molar-refractivity contribution >= 4 is 11.9 Å². The number of hydrogen-bond acceptors (Lipinski definition) is 1. The van der Waals surface area contributed by atoms with E-state index in [1.165, 1.54) is 11.1 Å². The Labute approximate surface area is 136 Å². The van der Waals surface area contributed by atoms with Gasteiger partial charge in [0.05, 0.1) is 0 Å². The maximum absolute atomic E-state index is 12.2. The molecule has 1 nitrogen and oxygen atoms in total. The van der Waals surface area contributed by atoms with Crippen LogP contribution in [0.1, 0.15) is 27.0 Å². The number of hydrogen-bond donors (Lipinski definition) is 0. The highest BCUT2D eigenvalue weighted by molar-refractivity contribution is 6.06. The lowest BCUT2D eigenvalue weighted by Crippen LogP contribution is -1.94. The minimum Gasteiger partial charge on any atom is -0.289 e. The molecule has 0 radical (unpaired) electrons. The molecule has 3 aromatic rings. The highest BCUT2D eigenvalue weighted by Crippen LogP contribution is 2.16. The van der Waals surface area contributed by atoms with E-state index in [-0.39, 0.29) is 5.78 Å². The van der Waals surface area contributed by atoms with Gasteiger partial charge in [-0.3, -0.25) is 4.79 Å². The highest BCUT2D eigenvalue weighted by Gasteiger charge is 2.03. The quantitative estimate of drug-likeness (QED) is 0.469. The summed E-state index contributed by atoms with van der Waals surface area (Å²) in [4.78, 5) is 12.2. The summed E-state index contributed by atoms with van der Waals surface area (Å²) in [6, 6.07) is 27.9. The molecule has 0 heterocycles. The van der Waals surface area contributed by atoms with Gasteiger partial charge in [-0.05, 0) is 29.2 Å². The van der Waals surface area contributed by atoms with Crippen molar-refractivity contribution in [2.45, 2.75) is 6.42 Å². The van der Waals surface area contributed by atoms with E-state index in [1.807, 2.05) is 72.8 Å². The van der Waals surface area contributed by atoms with Crippen LogP contribution in [0.5, 0.6) is 0 Å². The van der Waals surface area contributed by atoms with Crippen molar-refractivity contribution in [3.05, 3.63) is 113 Å². The predicted molar refractivity (Wildman–Crippen MR) is 95.5 cm³/mol. The summed E-state index contributed by atoms with van der Waals surface area (Å²) in [5.41, 5.74) is 4.28. The third-order valence-electron chi connectivity index (χ3n) is 3.77. The van der Waals surface area contributed by atoms with Crippen LogP contribution in [0.3, 0.4) is 0 Å². The van der Waals surface area contributed by atoms with Crippen LogP contribution in [0, 0.1) is 0 Å². The van der Waals surface area contributed by atoms with E-state index in [0.29, 0.717) is 5.56 Å². The van der Waals surface area contributed by atoms with E-state index in [1.54, 1.807) is 6.08 Å². The Hall–Kier alpha value is -2.93. The lowest BCUT2D eigenvalue weighted by molar-refractivity contribution is 0.104. The van der Waals surface area contributed by atoms with Crippen molar-refractivity contribution in [2.24, 2.45) is 0 Å². The topological polar surface area (TPSA) is 17.1 Å². The molecule has 0 aromatic heterocycles. The van der Waals surface area contributed by atoms with Crippen molar-refractivity contribution in [1.29, 1.82) is 0 Å². The Bertz CT molecular complexity index is 802. The van der Waals surface area contributed by atoms with Crippen LogP contribution < -0.4 is 0 Å². The average molecular weight is 298 g/mol. The van der Waals surface area contributed by atoms with Crippen LogP contribution >= 0.6 is 0 Å². The van der Waals surface area contributed by atoms with E-state index in [0.717, 1.165) is 12.0 Å².